The summed E-state index contributed by atoms with van der Waals surface area (Å²) in [4.78, 5) is 2.67. The van der Waals surface area contributed by atoms with E-state index in [1.807, 2.05) is 0 Å². The molecule has 1 N–H and O–H groups in total. The molecule has 0 saturated carbocycles. The fraction of sp³-hybridized carbons (Fsp3) is 1.00. The first-order valence-electron chi connectivity index (χ1n) is 6.02. The van der Waals surface area contributed by atoms with E-state index in [1.54, 1.807) is 0 Å². The third-order valence-electron chi connectivity index (χ3n) is 3.53. The summed E-state index contributed by atoms with van der Waals surface area (Å²) < 4.78 is 0. The lowest BCUT2D eigenvalue weighted by molar-refractivity contribution is 0.0891. The van der Waals surface area contributed by atoms with Gasteiger partial charge in [0.2, 0.25) is 0 Å². The zero-order chi connectivity index (χ0) is 10.6. The summed E-state index contributed by atoms with van der Waals surface area (Å²) in [6.07, 6.45) is 2.53. The number of hydrogen-bond acceptors (Lipinski definition) is 2. The Labute approximate surface area is 89.1 Å². The molecule has 2 nitrogen and oxygen atoms in total. The van der Waals surface area contributed by atoms with E-state index in [0.717, 1.165) is 5.92 Å². The van der Waals surface area contributed by atoms with Crippen molar-refractivity contribution in [1.82, 2.24) is 10.2 Å². The standard InChI is InChI=1S/C12H26N2/c1-5-12(3,4)14-8-6-7-13-9-11(2)10-14/h11,13H,5-10H2,1-4H3. The summed E-state index contributed by atoms with van der Waals surface area (Å²) >= 11 is 0. The van der Waals surface area contributed by atoms with E-state index in [-0.39, 0.29) is 0 Å². The fourth-order valence-electron chi connectivity index (χ4n) is 2.05. The summed E-state index contributed by atoms with van der Waals surface area (Å²) in [6.45, 7) is 14.2. The van der Waals surface area contributed by atoms with Crippen LogP contribution in [0, 0.1) is 5.92 Å². The molecule has 1 saturated heterocycles. The van der Waals surface area contributed by atoms with Gasteiger partial charge in [-0.15, -0.1) is 0 Å². The Morgan fingerprint density at radius 2 is 2.14 bits per heavy atom. The molecule has 0 radical (unpaired) electrons. The molecular formula is C12H26N2. The Kier molecular flexibility index (Phi) is 4.39. The molecule has 1 rings (SSSR count). The summed E-state index contributed by atoms with van der Waals surface area (Å²) in [7, 11) is 0. The molecule has 0 spiro atoms. The van der Waals surface area contributed by atoms with Crippen LogP contribution in [0.2, 0.25) is 0 Å². The van der Waals surface area contributed by atoms with Gasteiger partial charge < -0.3 is 5.32 Å². The summed E-state index contributed by atoms with van der Waals surface area (Å²) in [6, 6.07) is 0. The lowest BCUT2D eigenvalue weighted by atomic mass is 9.96. The Morgan fingerprint density at radius 3 is 2.79 bits per heavy atom. The van der Waals surface area contributed by atoms with E-state index >= 15 is 0 Å². The van der Waals surface area contributed by atoms with Crippen LogP contribution in [-0.2, 0) is 0 Å². The first kappa shape index (κ1) is 12.0. The van der Waals surface area contributed by atoms with Gasteiger partial charge in [0, 0.05) is 12.1 Å². The first-order chi connectivity index (χ1) is 6.56. The van der Waals surface area contributed by atoms with Gasteiger partial charge in [0.15, 0.2) is 0 Å². The molecule has 0 aromatic carbocycles. The van der Waals surface area contributed by atoms with Crippen LogP contribution >= 0.6 is 0 Å². The van der Waals surface area contributed by atoms with Gasteiger partial charge in [0.25, 0.3) is 0 Å². The smallest absolute Gasteiger partial charge is 0.0150 e. The van der Waals surface area contributed by atoms with Crippen LogP contribution in [0.5, 0.6) is 0 Å². The summed E-state index contributed by atoms with van der Waals surface area (Å²) in [5.41, 5.74) is 0.381. The molecule has 0 aromatic heterocycles. The number of hydrogen-bond donors (Lipinski definition) is 1. The van der Waals surface area contributed by atoms with E-state index < -0.39 is 0 Å². The minimum Gasteiger partial charge on any atom is -0.316 e. The highest BCUT2D eigenvalue weighted by atomic mass is 15.2. The molecule has 1 heterocycles. The van der Waals surface area contributed by atoms with Crippen molar-refractivity contribution in [3.8, 4) is 0 Å². The van der Waals surface area contributed by atoms with Crippen LogP contribution < -0.4 is 5.32 Å². The van der Waals surface area contributed by atoms with Crippen molar-refractivity contribution in [2.45, 2.75) is 46.1 Å². The van der Waals surface area contributed by atoms with Gasteiger partial charge in [-0.05, 0) is 52.2 Å². The van der Waals surface area contributed by atoms with E-state index in [0.29, 0.717) is 5.54 Å². The monoisotopic (exact) mass is 198 g/mol. The second-order valence-electron chi connectivity index (χ2n) is 5.27. The van der Waals surface area contributed by atoms with E-state index in [1.165, 1.54) is 39.0 Å². The van der Waals surface area contributed by atoms with Gasteiger partial charge in [-0.2, -0.15) is 0 Å². The molecule has 1 aliphatic heterocycles. The average Bonchev–Trinajstić information content (AvgIpc) is 2.11. The van der Waals surface area contributed by atoms with E-state index in [4.69, 9.17) is 0 Å². The molecule has 0 bridgehead atoms. The van der Waals surface area contributed by atoms with Crippen molar-refractivity contribution >= 4 is 0 Å². The number of rotatable bonds is 2. The van der Waals surface area contributed by atoms with Crippen molar-refractivity contribution in [2.24, 2.45) is 5.92 Å². The van der Waals surface area contributed by atoms with Gasteiger partial charge in [-0.25, -0.2) is 0 Å². The molecule has 0 aliphatic carbocycles. The molecule has 0 aromatic rings. The van der Waals surface area contributed by atoms with Gasteiger partial charge >= 0.3 is 0 Å². The largest absolute Gasteiger partial charge is 0.316 e. The van der Waals surface area contributed by atoms with Crippen LogP contribution in [-0.4, -0.2) is 36.6 Å². The van der Waals surface area contributed by atoms with Gasteiger partial charge in [-0.3, -0.25) is 4.90 Å². The van der Waals surface area contributed by atoms with Gasteiger partial charge in [0.1, 0.15) is 0 Å². The average molecular weight is 198 g/mol. The normalized spacial score (nSPS) is 27.0. The molecule has 1 atom stereocenters. The Hall–Kier alpha value is -0.0800. The molecule has 1 unspecified atom stereocenters. The van der Waals surface area contributed by atoms with Crippen LogP contribution in [0.1, 0.15) is 40.5 Å². The van der Waals surface area contributed by atoms with E-state index in [9.17, 15) is 0 Å². The maximum Gasteiger partial charge on any atom is 0.0150 e. The number of nitrogens with zero attached hydrogens (tertiary/aromatic N) is 1. The second kappa shape index (κ2) is 5.13. The third-order valence-corrected chi connectivity index (χ3v) is 3.53. The SMILES string of the molecule is CCC(C)(C)N1CCCNCC(C)C1. The summed E-state index contributed by atoms with van der Waals surface area (Å²) in [5, 5.41) is 3.50. The molecule has 1 fully saturated rings. The van der Waals surface area contributed by atoms with Crippen molar-refractivity contribution in [3.63, 3.8) is 0 Å². The highest BCUT2D eigenvalue weighted by Crippen LogP contribution is 2.20. The summed E-state index contributed by atoms with van der Waals surface area (Å²) in [5.74, 6) is 0.779. The van der Waals surface area contributed by atoms with Crippen molar-refractivity contribution < 1.29 is 0 Å². The topological polar surface area (TPSA) is 15.3 Å². The zero-order valence-corrected chi connectivity index (χ0v) is 10.3. The molecule has 0 amide bonds. The second-order valence-corrected chi connectivity index (χ2v) is 5.27. The highest BCUT2D eigenvalue weighted by Gasteiger charge is 2.26. The lowest BCUT2D eigenvalue weighted by Gasteiger charge is -2.41. The first-order valence-corrected chi connectivity index (χ1v) is 6.02. The van der Waals surface area contributed by atoms with Crippen LogP contribution in [0.25, 0.3) is 0 Å². The molecular weight excluding hydrogens is 172 g/mol. The molecule has 84 valence electrons. The molecule has 2 heteroatoms. The van der Waals surface area contributed by atoms with Crippen molar-refractivity contribution in [2.75, 3.05) is 26.2 Å². The molecule has 1 aliphatic rings. The molecule has 14 heavy (non-hydrogen) atoms. The third kappa shape index (κ3) is 3.25. The zero-order valence-electron chi connectivity index (χ0n) is 10.3. The Balaban J connectivity index is 2.55. The predicted molar refractivity (Wildman–Crippen MR) is 62.6 cm³/mol. The minimum absolute atomic E-state index is 0.381. The fourth-order valence-corrected chi connectivity index (χ4v) is 2.05. The Morgan fingerprint density at radius 1 is 1.43 bits per heavy atom. The van der Waals surface area contributed by atoms with Crippen molar-refractivity contribution in [1.29, 1.82) is 0 Å². The lowest BCUT2D eigenvalue weighted by Crippen LogP contribution is -2.49. The minimum atomic E-state index is 0.381. The van der Waals surface area contributed by atoms with Gasteiger partial charge in [-0.1, -0.05) is 13.8 Å². The maximum atomic E-state index is 3.50. The van der Waals surface area contributed by atoms with Crippen LogP contribution in [0.4, 0.5) is 0 Å². The van der Waals surface area contributed by atoms with Gasteiger partial charge in [0.05, 0.1) is 0 Å². The quantitative estimate of drug-likeness (QED) is 0.731. The van der Waals surface area contributed by atoms with Crippen molar-refractivity contribution in [3.05, 3.63) is 0 Å². The van der Waals surface area contributed by atoms with Crippen LogP contribution in [0.3, 0.4) is 0 Å². The van der Waals surface area contributed by atoms with Crippen LogP contribution in [0.15, 0.2) is 0 Å². The number of nitrogens with one attached hydrogen (secondary N) is 1. The Bertz CT molecular complexity index is 166. The highest BCUT2D eigenvalue weighted by molar-refractivity contribution is 4.82. The predicted octanol–water partition coefficient (Wildman–Crippen LogP) is 2.11. The van der Waals surface area contributed by atoms with E-state index in [2.05, 4.69) is 37.9 Å². The maximum absolute atomic E-state index is 3.50.